The Bertz CT molecular complexity index is 819. The molecule has 2 atom stereocenters. The number of para-hydroxylation sites is 2. The largest absolute Gasteiger partial charge is 0.633 e. The van der Waals surface area contributed by atoms with E-state index >= 15 is 0 Å². The van der Waals surface area contributed by atoms with E-state index in [0.717, 1.165) is 11.4 Å². The summed E-state index contributed by atoms with van der Waals surface area (Å²) in [6, 6.07) is 7.97. The number of anilines is 1. The molecule has 2 heterocycles. The standard InChI is InChI=1S/C24H33N3O4/c1-18(2)31-22-11-6-5-10-21(22)25-13-16-27(30,17-14-25)15-7-12-26-23(28)19-8-3-4-9-20(19)24(26)29/h3-6,10-11,18-20H,7-9,12-17H2,1-2H3. The summed E-state index contributed by atoms with van der Waals surface area (Å²) >= 11 is 0. The van der Waals surface area contributed by atoms with Crippen molar-refractivity contribution in [2.24, 2.45) is 11.8 Å². The highest BCUT2D eigenvalue weighted by molar-refractivity contribution is 6.05. The van der Waals surface area contributed by atoms with Crippen molar-refractivity contribution in [2.75, 3.05) is 44.2 Å². The normalized spacial score (nSPS) is 25.3. The van der Waals surface area contributed by atoms with Crippen LogP contribution < -0.4 is 9.64 Å². The predicted molar refractivity (Wildman–Crippen MR) is 119 cm³/mol. The molecule has 2 unspecified atom stereocenters. The minimum Gasteiger partial charge on any atom is -0.633 e. The number of rotatable bonds is 7. The number of imide groups is 1. The zero-order valence-corrected chi connectivity index (χ0v) is 18.5. The molecule has 7 heteroatoms. The number of hydrogen-bond acceptors (Lipinski definition) is 5. The molecule has 1 aliphatic carbocycles. The Morgan fingerprint density at radius 1 is 1.06 bits per heavy atom. The maximum atomic E-state index is 13.2. The molecular formula is C24H33N3O4. The summed E-state index contributed by atoms with van der Waals surface area (Å²) in [5.74, 6) is 0.367. The molecule has 0 bridgehead atoms. The van der Waals surface area contributed by atoms with Crippen LogP contribution >= 0.6 is 0 Å². The van der Waals surface area contributed by atoms with Crippen molar-refractivity contribution in [1.82, 2.24) is 4.90 Å². The van der Waals surface area contributed by atoms with E-state index in [9.17, 15) is 14.8 Å². The van der Waals surface area contributed by atoms with Crippen LogP contribution in [0.3, 0.4) is 0 Å². The van der Waals surface area contributed by atoms with Gasteiger partial charge in [-0.3, -0.25) is 14.5 Å². The van der Waals surface area contributed by atoms with Gasteiger partial charge in [-0.2, -0.15) is 0 Å². The van der Waals surface area contributed by atoms with Crippen molar-refractivity contribution in [3.63, 3.8) is 0 Å². The topological polar surface area (TPSA) is 72.9 Å². The maximum Gasteiger partial charge on any atom is 0.233 e. The van der Waals surface area contributed by atoms with E-state index in [0.29, 0.717) is 58.5 Å². The van der Waals surface area contributed by atoms with Crippen LogP contribution in [0.25, 0.3) is 0 Å². The molecule has 31 heavy (non-hydrogen) atoms. The molecular weight excluding hydrogens is 394 g/mol. The van der Waals surface area contributed by atoms with Gasteiger partial charge in [0.25, 0.3) is 0 Å². The Balaban J connectivity index is 1.29. The third kappa shape index (κ3) is 4.62. The fourth-order valence-electron chi connectivity index (χ4n) is 4.97. The molecule has 2 amide bonds. The molecule has 2 aliphatic heterocycles. The van der Waals surface area contributed by atoms with E-state index in [1.165, 1.54) is 4.90 Å². The highest BCUT2D eigenvalue weighted by atomic mass is 16.5. The lowest BCUT2D eigenvalue weighted by Gasteiger charge is -2.49. The third-order valence-electron chi connectivity index (χ3n) is 6.67. The molecule has 0 aromatic heterocycles. The predicted octanol–water partition coefficient (Wildman–Crippen LogP) is 2.95. The molecule has 2 fully saturated rings. The van der Waals surface area contributed by atoms with Gasteiger partial charge in [-0.05, 0) is 38.8 Å². The van der Waals surface area contributed by atoms with Crippen molar-refractivity contribution in [2.45, 2.75) is 39.2 Å². The summed E-state index contributed by atoms with van der Waals surface area (Å²) in [6.45, 7) is 7.13. The van der Waals surface area contributed by atoms with Gasteiger partial charge in [0, 0.05) is 13.0 Å². The number of hydrogen-bond donors (Lipinski definition) is 0. The van der Waals surface area contributed by atoms with Crippen LogP contribution in [0, 0.1) is 17.0 Å². The lowest BCUT2D eigenvalue weighted by Crippen LogP contribution is -2.57. The summed E-state index contributed by atoms with van der Waals surface area (Å²) in [5, 5.41) is 13.2. The van der Waals surface area contributed by atoms with Crippen molar-refractivity contribution < 1.29 is 19.0 Å². The number of piperazine rings is 1. The van der Waals surface area contributed by atoms with Gasteiger partial charge in [-0.1, -0.05) is 24.3 Å². The van der Waals surface area contributed by atoms with Crippen LogP contribution in [0.15, 0.2) is 36.4 Å². The fraction of sp³-hybridized carbons (Fsp3) is 0.583. The summed E-state index contributed by atoms with van der Waals surface area (Å²) in [7, 11) is 0. The van der Waals surface area contributed by atoms with Gasteiger partial charge in [-0.25, -0.2) is 0 Å². The second-order valence-electron chi connectivity index (χ2n) is 9.19. The van der Waals surface area contributed by atoms with Gasteiger partial charge in [0.2, 0.25) is 11.8 Å². The Labute approximate surface area is 184 Å². The van der Waals surface area contributed by atoms with Crippen LogP contribution in [-0.2, 0) is 9.59 Å². The van der Waals surface area contributed by atoms with Crippen molar-refractivity contribution >= 4 is 17.5 Å². The van der Waals surface area contributed by atoms with Crippen LogP contribution in [0.4, 0.5) is 5.69 Å². The first kappa shape index (κ1) is 21.8. The smallest absolute Gasteiger partial charge is 0.233 e. The van der Waals surface area contributed by atoms with E-state index in [-0.39, 0.29) is 34.4 Å². The minimum atomic E-state index is -0.270. The van der Waals surface area contributed by atoms with Gasteiger partial charge in [0.05, 0.1) is 56.4 Å². The molecule has 1 aromatic carbocycles. The summed E-state index contributed by atoms with van der Waals surface area (Å²) in [6.07, 6.45) is 5.96. The van der Waals surface area contributed by atoms with Crippen LogP contribution in [0.1, 0.15) is 33.1 Å². The number of likely N-dealkylation sites (tertiary alicyclic amines) is 1. The van der Waals surface area contributed by atoms with Gasteiger partial charge in [-0.15, -0.1) is 0 Å². The zero-order chi connectivity index (χ0) is 22.0. The lowest BCUT2D eigenvalue weighted by molar-refractivity contribution is -0.881. The minimum absolute atomic E-state index is 0.0524. The second-order valence-corrected chi connectivity index (χ2v) is 9.19. The number of ether oxygens (including phenoxy) is 1. The first-order valence-electron chi connectivity index (χ1n) is 11.5. The van der Waals surface area contributed by atoms with E-state index in [1.54, 1.807) is 0 Å². The fourth-order valence-corrected chi connectivity index (χ4v) is 4.97. The van der Waals surface area contributed by atoms with Gasteiger partial charge in [0.1, 0.15) is 5.75 Å². The molecule has 0 radical (unpaired) electrons. The lowest BCUT2D eigenvalue weighted by atomic mass is 9.85. The quantitative estimate of drug-likeness (QED) is 0.290. The SMILES string of the molecule is CC(C)Oc1ccccc1N1CC[N+]([O-])(CCCN2C(=O)C3CC=CCC3C2=O)CC1. The Kier molecular flexibility index (Phi) is 6.34. The first-order valence-corrected chi connectivity index (χ1v) is 11.5. The van der Waals surface area contributed by atoms with E-state index in [4.69, 9.17) is 4.74 Å². The highest BCUT2D eigenvalue weighted by Gasteiger charge is 2.46. The van der Waals surface area contributed by atoms with Crippen molar-refractivity contribution in [3.8, 4) is 5.75 Å². The summed E-state index contributed by atoms with van der Waals surface area (Å²) in [4.78, 5) is 28.8. The number of allylic oxidation sites excluding steroid dienone is 2. The number of nitrogens with zero attached hydrogens (tertiary/aromatic N) is 3. The average molecular weight is 428 g/mol. The highest BCUT2D eigenvalue weighted by Crippen LogP contribution is 2.35. The van der Waals surface area contributed by atoms with Gasteiger partial charge < -0.3 is 19.5 Å². The third-order valence-corrected chi connectivity index (χ3v) is 6.67. The van der Waals surface area contributed by atoms with Gasteiger partial charge >= 0.3 is 0 Å². The van der Waals surface area contributed by atoms with Gasteiger partial charge in [0.15, 0.2) is 0 Å². The Morgan fingerprint density at radius 3 is 2.29 bits per heavy atom. The second kappa shape index (κ2) is 9.01. The first-order chi connectivity index (χ1) is 14.9. The number of fused-ring (bicyclic) bond motifs is 1. The number of benzene rings is 1. The monoisotopic (exact) mass is 427 g/mol. The maximum absolute atomic E-state index is 13.2. The number of amides is 2. The molecule has 7 nitrogen and oxygen atoms in total. The molecule has 2 saturated heterocycles. The number of quaternary nitrogens is 1. The molecule has 168 valence electrons. The van der Waals surface area contributed by atoms with E-state index in [1.807, 2.05) is 50.3 Å². The molecule has 1 aromatic rings. The average Bonchev–Trinajstić information content (AvgIpc) is 3.00. The van der Waals surface area contributed by atoms with Crippen LogP contribution in [0.5, 0.6) is 5.75 Å². The molecule has 3 aliphatic rings. The van der Waals surface area contributed by atoms with E-state index in [2.05, 4.69) is 4.90 Å². The van der Waals surface area contributed by atoms with Crippen molar-refractivity contribution in [3.05, 3.63) is 41.6 Å². The van der Waals surface area contributed by atoms with Crippen molar-refractivity contribution in [1.29, 1.82) is 0 Å². The Hall–Kier alpha value is -2.38. The van der Waals surface area contributed by atoms with E-state index < -0.39 is 0 Å². The van der Waals surface area contributed by atoms with Crippen LogP contribution in [-0.4, -0.2) is 66.7 Å². The molecule has 4 rings (SSSR count). The molecule has 0 saturated carbocycles. The number of carbonyl (C=O) groups is 2. The molecule has 0 N–H and O–H groups in total. The number of hydroxylamine groups is 3. The summed E-state index contributed by atoms with van der Waals surface area (Å²) < 4.78 is 5.66. The zero-order valence-electron chi connectivity index (χ0n) is 18.5. The van der Waals surface area contributed by atoms with Crippen LogP contribution in [0.2, 0.25) is 0 Å². The summed E-state index contributed by atoms with van der Waals surface area (Å²) in [5.41, 5.74) is 1.03. The molecule has 0 spiro atoms. The Morgan fingerprint density at radius 2 is 1.68 bits per heavy atom. The number of carbonyl (C=O) groups excluding carboxylic acids is 2.